The van der Waals surface area contributed by atoms with Gasteiger partial charge in [-0.3, -0.25) is 0 Å². The molecule has 2 N–H and O–H groups in total. The largest absolute Gasteiger partial charge is 0.488 e. The fraction of sp³-hybridized carbons (Fsp3) is 0.591. The van der Waals surface area contributed by atoms with E-state index in [4.69, 9.17) is 9.73 Å². The standard InChI is InChI=1S/C22H34N6O/c1-16-26-27-20(28(16)5)15-24-21(25-18-11-7-8-12-18)23-14-17-10-6-9-13-19(17)29-22(2,3)4/h6,9-10,13,18H,7-8,11-12,14-15H2,1-5H3,(H2,23,24,25). The minimum absolute atomic E-state index is 0.244. The van der Waals surface area contributed by atoms with Crippen LogP contribution in [-0.4, -0.2) is 32.4 Å². The molecule has 7 heteroatoms. The lowest BCUT2D eigenvalue weighted by Crippen LogP contribution is -2.42. The second-order valence-corrected chi connectivity index (χ2v) is 8.69. The lowest BCUT2D eigenvalue weighted by atomic mass is 10.1. The molecule has 1 aromatic heterocycles. The molecule has 1 aliphatic rings. The Hall–Kier alpha value is -2.57. The van der Waals surface area contributed by atoms with Crippen molar-refractivity contribution in [1.29, 1.82) is 0 Å². The van der Waals surface area contributed by atoms with Gasteiger partial charge in [0, 0.05) is 18.7 Å². The minimum Gasteiger partial charge on any atom is -0.488 e. The summed E-state index contributed by atoms with van der Waals surface area (Å²) < 4.78 is 8.11. The van der Waals surface area contributed by atoms with Gasteiger partial charge in [0.1, 0.15) is 17.2 Å². The van der Waals surface area contributed by atoms with Crippen LogP contribution in [0, 0.1) is 6.92 Å². The highest BCUT2D eigenvalue weighted by Gasteiger charge is 2.17. The molecule has 1 aromatic carbocycles. The van der Waals surface area contributed by atoms with Crippen molar-refractivity contribution >= 4 is 5.96 Å². The van der Waals surface area contributed by atoms with Crippen LogP contribution in [0.4, 0.5) is 0 Å². The number of nitrogens with one attached hydrogen (secondary N) is 2. The molecule has 29 heavy (non-hydrogen) atoms. The van der Waals surface area contributed by atoms with Gasteiger partial charge in [-0.05, 0) is 46.6 Å². The Bertz CT molecular complexity index is 830. The van der Waals surface area contributed by atoms with Gasteiger partial charge in [-0.1, -0.05) is 31.0 Å². The maximum absolute atomic E-state index is 6.11. The molecule has 0 unspecified atom stereocenters. The zero-order chi connectivity index (χ0) is 20.9. The monoisotopic (exact) mass is 398 g/mol. The molecule has 7 nitrogen and oxygen atoms in total. The number of aromatic nitrogens is 3. The molecule has 1 saturated carbocycles. The lowest BCUT2D eigenvalue weighted by Gasteiger charge is -2.23. The van der Waals surface area contributed by atoms with Gasteiger partial charge in [0.05, 0.1) is 13.1 Å². The number of hydrogen-bond acceptors (Lipinski definition) is 4. The van der Waals surface area contributed by atoms with Gasteiger partial charge in [0.2, 0.25) is 0 Å². The van der Waals surface area contributed by atoms with Crippen LogP contribution in [0.25, 0.3) is 0 Å². The van der Waals surface area contributed by atoms with Crippen LogP contribution in [0.2, 0.25) is 0 Å². The molecule has 0 atom stereocenters. The SMILES string of the molecule is Cc1nnc(CNC(=NCc2ccccc2OC(C)(C)C)NC2CCCC2)n1C. The van der Waals surface area contributed by atoms with E-state index in [-0.39, 0.29) is 5.60 Å². The van der Waals surface area contributed by atoms with Crippen molar-refractivity contribution in [3.63, 3.8) is 0 Å². The second-order valence-electron chi connectivity index (χ2n) is 8.69. The van der Waals surface area contributed by atoms with E-state index in [1.165, 1.54) is 25.7 Å². The maximum Gasteiger partial charge on any atom is 0.192 e. The number of aryl methyl sites for hydroxylation is 1. The average molecular weight is 399 g/mol. The van der Waals surface area contributed by atoms with Crippen molar-refractivity contribution in [3.05, 3.63) is 41.5 Å². The van der Waals surface area contributed by atoms with Crippen molar-refractivity contribution in [2.75, 3.05) is 0 Å². The molecule has 1 heterocycles. The third kappa shape index (κ3) is 6.21. The molecule has 0 spiro atoms. The fourth-order valence-electron chi connectivity index (χ4n) is 3.41. The van der Waals surface area contributed by atoms with Gasteiger partial charge >= 0.3 is 0 Å². The first-order chi connectivity index (χ1) is 13.8. The minimum atomic E-state index is -0.244. The highest BCUT2D eigenvalue weighted by atomic mass is 16.5. The quantitative estimate of drug-likeness (QED) is 0.575. The van der Waals surface area contributed by atoms with Gasteiger partial charge in [0.25, 0.3) is 0 Å². The molecule has 0 aliphatic heterocycles. The lowest BCUT2D eigenvalue weighted by molar-refractivity contribution is 0.129. The van der Waals surface area contributed by atoms with Crippen LogP contribution in [0.15, 0.2) is 29.3 Å². The Labute approximate surface area is 174 Å². The average Bonchev–Trinajstić information content (AvgIpc) is 3.28. The number of ether oxygens (including phenoxy) is 1. The van der Waals surface area contributed by atoms with Crippen molar-refractivity contribution in [3.8, 4) is 5.75 Å². The van der Waals surface area contributed by atoms with Crippen LogP contribution in [-0.2, 0) is 20.1 Å². The number of rotatable bonds is 6. The normalized spacial score (nSPS) is 15.6. The Morgan fingerprint density at radius 3 is 2.59 bits per heavy atom. The third-order valence-corrected chi connectivity index (χ3v) is 5.09. The summed E-state index contributed by atoms with van der Waals surface area (Å²) in [5.74, 6) is 3.48. The maximum atomic E-state index is 6.11. The van der Waals surface area contributed by atoms with Crippen molar-refractivity contribution in [2.24, 2.45) is 12.0 Å². The Kier molecular flexibility index (Phi) is 6.77. The fourth-order valence-corrected chi connectivity index (χ4v) is 3.41. The van der Waals surface area contributed by atoms with Gasteiger partial charge < -0.3 is 19.9 Å². The van der Waals surface area contributed by atoms with E-state index < -0.39 is 0 Å². The van der Waals surface area contributed by atoms with Crippen molar-refractivity contribution < 1.29 is 4.74 Å². The van der Waals surface area contributed by atoms with Crippen LogP contribution >= 0.6 is 0 Å². The summed E-state index contributed by atoms with van der Waals surface area (Å²) in [4.78, 5) is 4.86. The molecule has 0 saturated heterocycles. The molecule has 1 fully saturated rings. The van der Waals surface area contributed by atoms with Crippen LogP contribution in [0.5, 0.6) is 5.75 Å². The summed E-state index contributed by atoms with van der Waals surface area (Å²) in [7, 11) is 1.98. The number of benzene rings is 1. The second kappa shape index (κ2) is 9.29. The molecule has 2 aromatic rings. The molecule has 0 amide bonds. The van der Waals surface area contributed by atoms with Crippen LogP contribution in [0.3, 0.4) is 0 Å². The Morgan fingerprint density at radius 1 is 1.21 bits per heavy atom. The van der Waals surface area contributed by atoms with Crippen molar-refractivity contribution in [1.82, 2.24) is 25.4 Å². The van der Waals surface area contributed by atoms with Gasteiger partial charge in [0.15, 0.2) is 11.8 Å². The number of aliphatic imine (C=N–C) groups is 1. The summed E-state index contributed by atoms with van der Waals surface area (Å²) in [5, 5.41) is 15.4. The van der Waals surface area contributed by atoms with Gasteiger partial charge in [-0.25, -0.2) is 4.99 Å². The Balaban J connectivity index is 1.73. The van der Waals surface area contributed by atoms with Crippen molar-refractivity contribution in [2.45, 2.75) is 78.1 Å². The summed E-state index contributed by atoms with van der Waals surface area (Å²) in [6, 6.07) is 8.59. The smallest absolute Gasteiger partial charge is 0.192 e. The highest BCUT2D eigenvalue weighted by molar-refractivity contribution is 5.80. The zero-order valence-electron chi connectivity index (χ0n) is 18.3. The number of guanidine groups is 1. The molecule has 0 radical (unpaired) electrons. The number of hydrogen-bond donors (Lipinski definition) is 2. The molecule has 3 rings (SSSR count). The summed E-state index contributed by atoms with van der Waals surface area (Å²) in [5.41, 5.74) is 0.830. The molecular formula is C22H34N6O. The van der Waals surface area contributed by atoms with E-state index in [1.807, 2.05) is 36.7 Å². The van der Waals surface area contributed by atoms with E-state index >= 15 is 0 Å². The molecule has 158 valence electrons. The predicted molar refractivity (Wildman–Crippen MR) is 116 cm³/mol. The van der Waals surface area contributed by atoms with E-state index in [1.54, 1.807) is 0 Å². The third-order valence-electron chi connectivity index (χ3n) is 5.09. The first-order valence-electron chi connectivity index (χ1n) is 10.5. The van der Waals surface area contributed by atoms with E-state index in [0.717, 1.165) is 28.9 Å². The number of nitrogens with zero attached hydrogens (tertiary/aromatic N) is 4. The van der Waals surface area contributed by atoms with Gasteiger partial charge in [-0.2, -0.15) is 0 Å². The zero-order valence-corrected chi connectivity index (χ0v) is 18.3. The van der Waals surface area contributed by atoms with E-state index in [0.29, 0.717) is 19.1 Å². The highest BCUT2D eigenvalue weighted by Crippen LogP contribution is 2.24. The Morgan fingerprint density at radius 2 is 1.93 bits per heavy atom. The summed E-state index contributed by atoms with van der Waals surface area (Å²) >= 11 is 0. The molecule has 1 aliphatic carbocycles. The summed E-state index contributed by atoms with van der Waals surface area (Å²) in [6.45, 7) is 9.26. The number of para-hydroxylation sites is 1. The van der Waals surface area contributed by atoms with E-state index in [9.17, 15) is 0 Å². The molecular weight excluding hydrogens is 364 g/mol. The van der Waals surface area contributed by atoms with Gasteiger partial charge in [-0.15, -0.1) is 10.2 Å². The van der Waals surface area contributed by atoms with Crippen LogP contribution in [0.1, 0.15) is 63.7 Å². The predicted octanol–water partition coefficient (Wildman–Crippen LogP) is 3.48. The first kappa shape index (κ1) is 21.1. The molecule has 0 bridgehead atoms. The topological polar surface area (TPSA) is 76.4 Å². The van der Waals surface area contributed by atoms with Crippen LogP contribution < -0.4 is 15.4 Å². The first-order valence-corrected chi connectivity index (χ1v) is 10.5. The summed E-state index contributed by atoms with van der Waals surface area (Å²) in [6.07, 6.45) is 4.92. The van der Waals surface area contributed by atoms with E-state index in [2.05, 4.69) is 47.7 Å².